The second-order valence-electron chi connectivity index (χ2n) is 28.8. The molecule has 0 fully saturated rings. The van der Waals surface area contributed by atoms with Crippen molar-refractivity contribution in [2.45, 2.75) is 0 Å². The molecule has 0 aliphatic carbocycles. The van der Waals surface area contributed by atoms with Gasteiger partial charge in [0.15, 0.2) is 0 Å². The van der Waals surface area contributed by atoms with Crippen molar-refractivity contribution in [3.8, 4) is 112 Å². The highest BCUT2D eigenvalue weighted by Crippen LogP contribution is 2.43. The molecule has 0 saturated carbocycles. The van der Waals surface area contributed by atoms with Crippen LogP contribution in [-0.2, 0) is 0 Å². The SMILES string of the molecule is c1ccc(-c2ccc(-n3c4ccccc4c4cc(-c5ccc6c7ccccc7n(-c7cc(-c8ccccc8)cc(-c8ccccc8)n7)c6c5)ccc43)cc2)cc1.c1ccc(-c2ccc(-n3c4ccccc4c4cc(-c5ccc6c7ccccc7n(-c7cc(-c8ccccc8)nc(-c8ccccc8)c7)c6c5)ccc43)cc2)cc1. The van der Waals surface area contributed by atoms with E-state index in [0.29, 0.717) is 0 Å². The largest absolute Gasteiger partial charge is 0.309 e. The zero-order valence-electron chi connectivity index (χ0n) is 61.1. The lowest BCUT2D eigenvalue weighted by Crippen LogP contribution is -2.00. The summed E-state index contributed by atoms with van der Waals surface area (Å²) in [4.78, 5) is 10.6. The van der Waals surface area contributed by atoms with Crippen LogP contribution >= 0.6 is 0 Å². The van der Waals surface area contributed by atoms with Crippen LogP contribution in [0.5, 0.6) is 0 Å². The van der Waals surface area contributed by atoms with Crippen molar-refractivity contribution in [2.24, 2.45) is 0 Å². The normalized spacial score (nSPS) is 11.6. The van der Waals surface area contributed by atoms with Crippen molar-refractivity contribution in [2.75, 3.05) is 0 Å². The van der Waals surface area contributed by atoms with Gasteiger partial charge in [0, 0.05) is 71.2 Å². The van der Waals surface area contributed by atoms with Crippen molar-refractivity contribution in [3.63, 3.8) is 0 Å². The smallest absolute Gasteiger partial charge is 0.138 e. The van der Waals surface area contributed by atoms with Gasteiger partial charge in [0.2, 0.25) is 0 Å². The quantitative estimate of drug-likeness (QED) is 0.122. The van der Waals surface area contributed by atoms with Crippen molar-refractivity contribution in [1.82, 2.24) is 28.2 Å². The van der Waals surface area contributed by atoms with Gasteiger partial charge in [-0.15, -0.1) is 0 Å². The third-order valence-electron chi connectivity index (χ3n) is 22.2. The van der Waals surface area contributed by atoms with E-state index in [2.05, 4.69) is 443 Å². The van der Waals surface area contributed by atoms with Gasteiger partial charge < -0.3 is 13.7 Å². The van der Waals surface area contributed by atoms with E-state index in [1.165, 1.54) is 110 Å². The Morgan fingerprint density at radius 1 is 0.134 bits per heavy atom. The van der Waals surface area contributed by atoms with Gasteiger partial charge in [-0.3, -0.25) is 4.57 Å². The summed E-state index contributed by atoms with van der Waals surface area (Å²) >= 11 is 0. The molecule has 0 radical (unpaired) electrons. The fourth-order valence-electron chi connectivity index (χ4n) is 16.9. The standard InChI is InChI=1S/2C53H35N3/c1-4-14-36(15-5-1)38-24-28-43(29-25-38)55-49-22-12-11-21-45(49)47-32-40(27-31-51(47)55)41-26-30-46-44-20-10-13-23-50(44)56(52(46)34-41)53-35-42(37-16-6-2-7-17-37)33-48(54-53)39-18-8-3-9-19-39;1-4-14-36(15-5-1)37-24-28-42(29-25-37)55-51-23-13-11-21-45(51)47-32-40(27-31-52(47)55)41-26-30-46-44-20-10-12-22-50(44)56(53(46)33-41)43-34-48(38-16-6-2-7-17-38)54-49(35-43)39-18-8-3-9-19-39/h2*1-35H. The van der Waals surface area contributed by atoms with Gasteiger partial charge in [0.05, 0.1) is 66.9 Å². The molecule has 6 heterocycles. The lowest BCUT2D eigenvalue weighted by molar-refractivity contribution is 1.08. The van der Waals surface area contributed by atoms with Gasteiger partial charge in [0.25, 0.3) is 0 Å². The molecule has 524 valence electrons. The van der Waals surface area contributed by atoms with Gasteiger partial charge in [-0.1, -0.05) is 315 Å². The number of hydrogen-bond acceptors (Lipinski definition) is 2. The number of nitrogens with zero attached hydrogens (tertiary/aromatic N) is 6. The Kier molecular flexibility index (Phi) is 16.1. The molecule has 0 N–H and O–H groups in total. The van der Waals surface area contributed by atoms with Crippen molar-refractivity contribution in [1.29, 1.82) is 0 Å². The lowest BCUT2D eigenvalue weighted by Gasteiger charge is -2.14. The van der Waals surface area contributed by atoms with Crippen molar-refractivity contribution in [3.05, 3.63) is 425 Å². The number of benzene rings is 16. The Hall–Kier alpha value is -15.0. The van der Waals surface area contributed by atoms with Crippen LogP contribution in [0.2, 0.25) is 0 Å². The molecule has 0 bridgehead atoms. The predicted molar refractivity (Wildman–Crippen MR) is 469 cm³/mol. The minimum atomic E-state index is 0.894. The summed E-state index contributed by atoms with van der Waals surface area (Å²) in [6, 6.07) is 153. The summed E-state index contributed by atoms with van der Waals surface area (Å²) in [6.07, 6.45) is 0. The van der Waals surface area contributed by atoms with E-state index < -0.39 is 0 Å². The van der Waals surface area contributed by atoms with Crippen molar-refractivity contribution < 1.29 is 0 Å². The topological polar surface area (TPSA) is 45.5 Å². The molecule has 6 nitrogen and oxygen atoms in total. The highest BCUT2D eigenvalue weighted by molar-refractivity contribution is 6.15. The summed E-state index contributed by atoms with van der Waals surface area (Å²) < 4.78 is 9.54. The first kappa shape index (κ1) is 65.3. The number of rotatable bonds is 12. The molecule has 0 unspecified atom stereocenters. The van der Waals surface area contributed by atoms with Crippen LogP contribution < -0.4 is 0 Å². The van der Waals surface area contributed by atoms with E-state index in [4.69, 9.17) is 9.97 Å². The van der Waals surface area contributed by atoms with Crippen LogP contribution in [0.1, 0.15) is 0 Å². The van der Waals surface area contributed by atoms with Gasteiger partial charge in [-0.2, -0.15) is 0 Å². The van der Waals surface area contributed by atoms with Crippen LogP contribution in [0.25, 0.3) is 200 Å². The molecule has 22 rings (SSSR count). The lowest BCUT2D eigenvalue weighted by atomic mass is 10.0. The zero-order valence-corrected chi connectivity index (χ0v) is 61.1. The summed E-state index contributed by atoms with van der Waals surface area (Å²) in [5.74, 6) is 0.894. The molecule has 0 aliphatic rings. The van der Waals surface area contributed by atoms with E-state index in [-0.39, 0.29) is 0 Å². The maximum absolute atomic E-state index is 5.36. The van der Waals surface area contributed by atoms with Crippen molar-refractivity contribution >= 4 is 87.2 Å². The van der Waals surface area contributed by atoms with Gasteiger partial charge in [0.1, 0.15) is 5.82 Å². The highest BCUT2D eigenvalue weighted by atomic mass is 15.1. The van der Waals surface area contributed by atoms with Crippen LogP contribution in [0.4, 0.5) is 0 Å². The molecule has 6 heteroatoms. The Morgan fingerprint density at radius 3 is 0.804 bits per heavy atom. The number of aromatic nitrogens is 6. The Bertz CT molecular complexity index is 6750. The monoisotopic (exact) mass is 1430 g/mol. The van der Waals surface area contributed by atoms with Crippen LogP contribution in [0.15, 0.2) is 425 Å². The van der Waals surface area contributed by atoms with Crippen LogP contribution in [-0.4, -0.2) is 28.2 Å². The minimum absolute atomic E-state index is 0.894. The first-order chi connectivity index (χ1) is 55.5. The van der Waals surface area contributed by atoms with Gasteiger partial charge in [-0.05, 0) is 165 Å². The van der Waals surface area contributed by atoms with Crippen LogP contribution in [0, 0.1) is 0 Å². The second-order valence-corrected chi connectivity index (χ2v) is 28.8. The molecule has 22 aromatic rings. The number of para-hydroxylation sites is 4. The molecule has 0 amide bonds. The molecule has 112 heavy (non-hydrogen) atoms. The maximum Gasteiger partial charge on any atom is 0.138 e. The summed E-state index contributed by atoms with van der Waals surface area (Å²) in [7, 11) is 0. The fourth-order valence-corrected chi connectivity index (χ4v) is 16.9. The number of fused-ring (bicyclic) bond motifs is 12. The molecule has 0 aliphatic heterocycles. The number of hydrogen-bond donors (Lipinski definition) is 0. The van der Waals surface area contributed by atoms with Crippen LogP contribution in [0.3, 0.4) is 0 Å². The Morgan fingerprint density at radius 2 is 0.402 bits per heavy atom. The summed E-state index contributed by atoms with van der Waals surface area (Å²) in [5, 5.41) is 9.81. The zero-order chi connectivity index (χ0) is 74.0. The second kappa shape index (κ2) is 27.7. The van der Waals surface area contributed by atoms with E-state index in [1.807, 2.05) is 0 Å². The molecule has 16 aromatic carbocycles. The summed E-state index contributed by atoms with van der Waals surface area (Å²) in [5.41, 5.74) is 30.7. The van der Waals surface area contributed by atoms with E-state index in [1.54, 1.807) is 0 Å². The molecule has 0 atom stereocenters. The Labute approximate surface area is 648 Å². The Balaban J connectivity index is 0.000000141. The van der Waals surface area contributed by atoms with E-state index >= 15 is 0 Å². The first-order valence-corrected chi connectivity index (χ1v) is 38.3. The molecule has 6 aromatic heterocycles. The maximum atomic E-state index is 5.36. The number of pyridine rings is 2. The minimum Gasteiger partial charge on any atom is -0.309 e. The summed E-state index contributed by atoms with van der Waals surface area (Å²) in [6.45, 7) is 0. The average Bonchev–Trinajstić information content (AvgIpc) is 1.60. The average molecular weight is 1430 g/mol. The molecule has 0 spiro atoms. The first-order valence-electron chi connectivity index (χ1n) is 38.3. The van der Waals surface area contributed by atoms with Gasteiger partial charge in [-0.25, -0.2) is 9.97 Å². The fraction of sp³-hybridized carbons (Fsp3) is 0. The van der Waals surface area contributed by atoms with E-state index in [9.17, 15) is 0 Å². The predicted octanol–water partition coefficient (Wildman–Crippen LogP) is 27.9. The third kappa shape index (κ3) is 11.6. The molecular formula is C106H70N6. The molecular weight excluding hydrogens is 1360 g/mol. The molecule has 0 saturated heterocycles. The van der Waals surface area contributed by atoms with Gasteiger partial charge >= 0.3 is 0 Å². The third-order valence-corrected chi connectivity index (χ3v) is 22.2. The van der Waals surface area contributed by atoms with E-state index in [0.717, 1.165) is 89.9 Å². The highest BCUT2D eigenvalue weighted by Gasteiger charge is 2.22.